The molecule has 0 aromatic heterocycles. The normalized spacial score (nSPS) is 14.4. The molecule has 5 rings (SSSR count). The van der Waals surface area contributed by atoms with Gasteiger partial charge in [-0.05, 0) is 47.5 Å². The second kappa shape index (κ2) is 9.14. The Kier molecular flexibility index (Phi) is 5.95. The van der Waals surface area contributed by atoms with Crippen molar-refractivity contribution in [3.8, 4) is 23.0 Å². The molecule has 0 aliphatic carbocycles. The predicted molar refractivity (Wildman–Crippen MR) is 120 cm³/mol. The van der Waals surface area contributed by atoms with Crippen LogP contribution in [-0.4, -0.2) is 26.4 Å². The summed E-state index contributed by atoms with van der Waals surface area (Å²) >= 11 is 3.62. The van der Waals surface area contributed by atoms with Gasteiger partial charge < -0.3 is 18.9 Å². The number of ether oxygens (including phenoxy) is 4. The summed E-state index contributed by atoms with van der Waals surface area (Å²) in [6.07, 6.45) is 0. The Morgan fingerprint density at radius 1 is 0.500 bits per heavy atom. The van der Waals surface area contributed by atoms with Gasteiger partial charge in [0.15, 0.2) is 23.0 Å². The highest BCUT2D eigenvalue weighted by molar-refractivity contribution is 7.98. The van der Waals surface area contributed by atoms with E-state index in [9.17, 15) is 0 Å². The van der Waals surface area contributed by atoms with Crippen LogP contribution >= 0.6 is 23.5 Å². The molecule has 0 fully saturated rings. The molecule has 4 nitrogen and oxygen atoms in total. The second-order valence-corrected chi connectivity index (χ2v) is 9.10. The molecular formula is C24H22O4S2. The van der Waals surface area contributed by atoms with Crippen LogP contribution in [0.2, 0.25) is 0 Å². The highest BCUT2D eigenvalue weighted by Crippen LogP contribution is 2.36. The zero-order valence-electron chi connectivity index (χ0n) is 16.5. The fraction of sp³-hybridized carbons (Fsp3) is 0.250. The Morgan fingerprint density at radius 3 is 1.33 bits per heavy atom. The van der Waals surface area contributed by atoms with Gasteiger partial charge in [0.1, 0.15) is 26.4 Å². The molecule has 0 bridgehead atoms. The largest absolute Gasteiger partial charge is 0.486 e. The molecule has 0 radical (unpaired) electrons. The first kappa shape index (κ1) is 19.5. The van der Waals surface area contributed by atoms with Crippen LogP contribution in [-0.2, 0) is 11.5 Å². The quantitative estimate of drug-likeness (QED) is 0.452. The number of hydrogen-bond acceptors (Lipinski definition) is 6. The van der Waals surface area contributed by atoms with Gasteiger partial charge in [-0.2, -0.15) is 0 Å². The van der Waals surface area contributed by atoms with Gasteiger partial charge in [-0.3, -0.25) is 0 Å². The van der Waals surface area contributed by atoms with E-state index in [1.807, 2.05) is 35.7 Å². The Hall–Kier alpha value is -2.44. The Balaban J connectivity index is 1.15. The highest BCUT2D eigenvalue weighted by atomic mass is 32.2. The van der Waals surface area contributed by atoms with Crippen molar-refractivity contribution in [3.05, 3.63) is 71.8 Å². The molecule has 2 aliphatic rings. The van der Waals surface area contributed by atoms with Crippen molar-refractivity contribution >= 4 is 23.5 Å². The molecule has 0 atom stereocenters. The molecule has 30 heavy (non-hydrogen) atoms. The first-order valence-corrected chi connectivity index (χ1v) is 11.9. The maximum absolute atomic E-state index is 5.67. The van der Waals surface area contributed by atoms with Gasteiger partial charge in [-0.1, -0.05) is 24.3 Å². The van der Waals surface area contributed by atoms with E-state index < -0.39 is 0 Å². The minimum atomic E-state index is 0.618. The topological polar surface area (TPSA) is 36.9 Å². The maximum atomic E-state index is 5.67. The lowest BCUT2D eigenvalue weighted by atomic mass is 10.2. The van der Waals surface area contributed by atoms with E-state index in [0.717, 1.165) is 34.5 Å². The summed E-state index contributed by atoms with van der Waals surface area (Å²) in [4.78, 5) is 2.38. The van der Waals surface area contributed by atoms with Gasteiger partial charge in [0.25, 0.3) is 0 Å². The first-order chi connectivity index (χ1) is 14.8. The zero-order chi connectivity index (χ0) is 20.2. The predicted octanol–water partition coefficient (Wildman–Crippen LogP) is 5.81. The van der Waals surface area contributed by atoms with E-state index in [1.165, 1.54) is 20.9 Å². The molecule has 3 aromatic carbocycles. The minimum Gasteiger partial charge on any atom is -0.486 e. The third-order valence-electron chi connectivity index (χ3n) is 4.86. The number of thioether (sulfide) groups is 2. The van der Waals surface area contributed by atoms with Crippen molar-refractivity contribution in [1.82, 2.24) is 0 Å². The van der Waals surface area contributed by atoms with Crippen LogP contribution in [0, 0.1) is 0 Å². The van der Waals surface area contributed by atoms with E-state index in [-0.39, 0.29) is 0 Å². The molecule has 0 N–H and O–H groups in total. The number of benzene rings is 3. The summed E-state index contributed by atoms with van der Waals surface area (Å²) in [5, 5.41) is 0. The summed E-state index contributed by atoms with van der Waals surface area (Å²) < 4.78 is 22.5. The lowest BCUT2D eigenvalue weighted by molar-refractivity contribution is 0.171. The van der Waals surface area contributed by atoms with E-state index in [2.05, 4.69) is 48.5 Å². The van der Waals surface area contributed by atoms with Gasteiger partial charge in [0, 0.05) is 21.3 Å². The number of rotatable bonds is 6. The molecule has 3 aromatic rings. The average Bonchev–Trinajstić information content (AvgIpc) is 2.82. The first-order valence-electron chi connectivity index (χ1n) is 9.96. The molecule has 2 aliphatic heterocycles. The van der Waals surface area contributed by atoms with Crippen LogP contribution in [0.15, 0.2) is 70.5 Å². The molecule has 2 heterocycles. The lowest BCUT2D eigenvalue weighted by Gasteiger charge is -2.18. The average molecular weight is 439 g/mol. The molecule has 0 amide bonds. The third kappa shape index (κ3) is 4.65. The van der Waals surface area contributed by atoms with Crippen molar-refractivity contribution in [3.63, 3.8) is 0 Å². The number of fused-ring (bicyclic) bond motifs is 2. The number of hydrogen-bond donors (Lipinski definition) is 0. The zero-order valence-corrected chi connectivity index (χ0v) is 18.1. The van der Waals surface area contributed by atoms with Crippen molar-refractivity contribution < 1.29 is 18.9 Å². The van der Waals surface area contributed by atoms with Crippen molar-refractivity contribution in [2.45, 2.75) is 21.3 Å². The summed E-state index contributed by atoms with van der Waals surface area (Å²) in [7, 11) is 0. The molecule has 0 unspecified atom stereocenters. The monoisotopic (exact) mass is 438 g/mol. The van der Waals surface area contributed by atoms with Gasteiger partial charge >= 0.3 is 0 Å². The lowest BCUT2D eigenvalue weighted by Crippen LogP contribution is -2.15. The standard InChI is InChI=1S/C24H22O4S2/c1-2-18(16-30-20-6-8-22-24(14-20)28-12-10-26-22)4-3-17(1)15-29-19-5-7-21-23(13-19)27-11-9-25-21/h1-8,13-14H,9-12,15-16H2. The van der Waals surface area contributed by atoms with Crippen LogP contribution in [0.25, 0.3) is 0 Å². The molecule has 0 spiro atoms. The Morgan fingerprint density at radius 2 is 0.900 bits per heavy atom. The molecule has 0 saturated carbocycles. The smallest absolute Gasteiger partial charge is 0.162 e. The van der Waals surface area contributed by atoms with E-state index in [4.69, 9.17) is 18.9 Å². The summed E-state index contributed by atoms with van der Waals surface area (Å²) in [6, 6.07) is 21.2. The molecule has 154 valence electrons. The molecule has 6 heteroatoms. The Labute approximate surface area is 184 Å². The van der Waals surface area contributed by atoms with Crippen LogP contribution < -0.4 is 18.9 Å². The van der Waals surface area contributed by atoms with Crippen molar-refractivity contribution in [2.24, 2.45) is 0 Å². The summed E-state index contributed by atoms with van der Waals surface area (Å²) in [6.45, 7) is 2.48. The van der Waals surface area contributed by atoms with Crippen LogP contribution in [0.1, 0.15) is 11.1 Å². The van der Waals surface area contributed by atoms with E-state index >= 15 is 0 Å². The van der Waals surface area contributed by atoms with E-state index in [0.29, 0.717) is 26.4 Å². The van der Waals surface area contributed by atoms with Crippen LogP contribution in [0.3, 0.4) is 0 Å². The van der Waals surface area contributed by atoms with Gasteiger partial charge in [0.05, 0.1) is 0 Å². The fourth-order valence-electron chi connectivity index (χ4n) is 3.29. The maximum Gasteiger partial charge on any atom is 0.162 e. The minimum absolute atomic E-state index is 0.618. The molecule has 0 saturated heterocycles. The fourth-order valence-corrected chi connectivity index (χ4v) is 5.05. The van der Waals surface area contributed by atoms with Gasteiger partial charge in [0.2, 0.25) is 0 Å². The highest BCUT2D eigenvalue weighted by Gasteiger charge is 2.13. The van der Waals surface area contributed by atoms with Crippen LogP contribution in [0.5, 0.6) is 23.0 Å². The molecular weight excluding hydrogens is 416 g/mol. The summed E-state index contributed by atoms with van der Waals surface area (Å²) in [5.41, 5.74) is 2.62. The third-order valence-corrected chi connectivity index (χ3v) is 6.99. The van der Waals surface area contributed by atoms with Crippen LogP contribution in [0.4, 0.5) is 0 Å². The van der Waals surface area contributed by atoms with E-state index in [1.54, 1.807) is 0 Å². The van der Waals surface area contributed by atoms with Gasteiger partial charge in [-0.15, -0.1) is 23.5 Å². The van der Waals surface area contributed by atoms with Gasteiger partial charge in [-0.25, -0.2) is 0 Å². The SMILES string of the molecule is c1cc(CSc2ccc3c(c2)OCCO3)ccc1CSc1ccc2c(c1)OCCO2. The van der Waals surface area contributed by atoms with Crippen molar-refractivity contribution in [1.29, 1.82) is 0 Å². The Bertz CT molecular complexity index is 938. The van der Waals surface area contributed by atoms with Crippen molar-refractivity contribution in [2.75, 3.05) is 26.4 Å². The second-order valence-electron chi connectivity index (χ2n) is 7.00. The summed E-state index contributed by atoms with van der Waals surface area (Å²) in [5.74, 6) is 5.22.